The first kappa shape index (κ1) is 25.0. The number of nitrogens with zero attached hydrogens (tertiary/aromatic N) is 4. The number of hydrogen-bond acceptors (Lipinski definition) is 5. The molecule has 176 valence electrons. The van der Waals surface area contributed by atoms with Gasteiger partial charge in [0, 0.05) is 0 Å². The topological polar surface area (TPSA) is 116 Å². The summed E-state index contributed by atoms with van der Waals surface area (Å²) in [5, 5.41) is 13.5. The van der Waals surface area contributed by atoms with Crippen LogP contribution in [0.1, 0.15) is 21.5 Å². The van der Waals surface area contributed by atoms with Crippen LogP contribution in [-0.4, -0.2) is 48.1 Å². The van der Waals surface area contributed by atoms with Crippen molar-refractivity contribution in [1.29, 1.82) is 0 Å². The average Bonchev–Trinajstić information content (AvgIpc) is 3.20. The average molecular weight is 473 g/mol. The SMILES string of the molecule is O=C(O)c1ccccc1.[Li][CH2]n1nc(-c2cccc(Cn3c(N)nc4ccccc43)c2)c(C)cc1=O. The molecule has 2 aromatic heterocycles. The van der Waals surface area contributed by atoms with E-state index in [2.05, 4.69) is 22.2 Å². The second-order valence-electron chi connectivity index (χ2n) is 8.25. The Labute approximate surface area is 217 Å². The van der Waals surface area contributed by atoms with Crippen molar-refractivity contribution < 1.29 is 9.90 Å². The Balaban J connectivity index is 0.000000286. The Kier molecular flexibility index (Phi) is 7.69. The van der Waals surface area contributed by atoms with Crippen LogP contribution in [0.2, 0.25) is 0 Å². The van der Waals surface area contributed by atoms with Gasteiger partial charge < -0.3 is 5.11 Å². The minimum absolute atomic E-state index is 0.0763. The van der Waals surface area contributed by atoms with Gasteiger partial charge in [0.1, 0.15) is 0 Å². The second-order valence-corrected chi connectivity index (χ2v) is 8.25. The number of hydrogen-bond donors (Lipinski definition) is 2. The molecule has 3 aromatic carbocycles. The van der Waals surface area contributed by atoms with Crippen LogP contribution >= 0.6 is 0 Å². The van der Waals surface area contributed by atoms with Crippen molar-refractivity contribution in [3.63, 3.8) is 0 Å². The number of rotatable bonds is 5. The summed E-state index contributed by atoms with van der Waals surface area (Å²) in [4.78, 5) is 26.6. The monoisotopic (exact) mass is 473 g/mol. The van der Waals surface area contributed by atoms with Gasteiger partial charge in [0.05, 0.1) is 5.56 Å². The summed E-state index contributed by atoms with van der Waals surface area (Å²) >= 11 is 1.91. The molecule has 0 radical (unpaired) electrons. The molecule has 36 heavy (non-hydrogen) atoms. The van der Waals surface area contributed by atoms with E-state index in [9.17, 15) is 9.59 Å². The molecule has 5 rings (SSSR count). The molecule has 3 N–H and O–H groups in total. The van der Waals surface area contributed by atoms with Crippen molar-refractivity contribution in [3.8, 4) is 11.3 Å². The molecular weight excluding hydrogens is 449 g/mol. The Morgan fingerprint density at radius 2 is 1.72 bits per heavy atom. The fraction of sp³-hybridized carbons (Fsp3) is 0.111. The molecule has 0 atom stereocenters. The van der Waals surface area contributed by atoms with Crippen molar-refractivity contribution in [2.45, 2.75) is 18.7 Å². The van der Waals surface area contributed by atoms with E-state index < -0.39 is 5.97 Å². The molecule has 0 bridgehead atoms. The van der Waals surface area contributed by atoms with Gasteiger partial charge in [-0.2, -0.15) is 0 Å². The summed E-state index contributed by atoms with van der Waals surface area (Å²) in [5.74, 6) is -0.383. The van der Waals surface area contributed by atoms with Crippen LogP contribution in [0, 0.1) is 6.92 Å². The zero-order valence-corrected chi connectivity index (χ0v) is 20.1. The van der Waals surface area contributed by atoms with Crippen LogP contribution < -0.4 is 11.3 Å². The van der Waals surface area contributed by atoms with Gasteiger partial charge in [0.25, 0.3) is 0 Å². The number of imidazole rings is 1. The standard InChI is InChI=1S/C20H18N5O.C7H6O2.Li/c1-13-10-18(26)24(2)23-19(13)15-7-5-6-14(11-15)12-25-17-9-4-3-8-16(17)22-20(25)21;8-7(9)6-4-2-1-3-5-6;/h3-11H,2,12H2,1H3,(H2,21,22);1-5H,(H,8,9);. The number of benzene rings is 3. The molecule has 0 fully saturated rings. The number of aromatic carboxylic acids is 1. The summed E-state index contributed by atoms with van der Waals surface area (Å²) in [6, 6.07) is 26.0. The zero-order valence-electron chi connectivity index (χ0n) is 20.1. The second kappa shape index (κ2) is 11.1. The number of carboxylic acids is 1. The number of carbonyl (C=O) groups is 1. The van der Waals surface area contributed by atoms with Crippen LogP contribution in [0.25, 0.3) is 22.3 Å². The predicted molar refractivity (Wildman–Crippen MR) is 141 cm³/mol. The van der Waals surface area contributed by atoms with E-state index in [1.54, 1.807) is 36.4 Å². The molecule has 0 amide bonds. The van der Waals surface area contributed by atoms with Crippen molar-refractivity contribution in [1.82, 2.24) is 19.3 Å². The third-order valence-electron chi connectivity index (χ3n) is 5.73. The van der Waals surface area contributed by atoms with Gasteiger partial charge in [-0.05, 0) is 12.1 Å². The number of fused-ring (bicyclic) bond motifs is 1. The maximum absolute atomic E-state index is 12.0. The van der Waals surface area contributed by atoms with Crippen molar-refractivity contribution in [2.75, 3.05) is 5.73 Å². The van der Waals surface area contributed by atoms with Crippen molar-refractivity contribution >= 4 is 40.7 Å². The molecule has 0 aliphatic rings. The van der Waals surface area contributed by atoms with Crippen molar-refractivity contribution in [3.05, 3.63) is 112 Å². The number of aryl methyl sites for hydroxylation is 1. The van der Waals surface area contributed by atoms with E-state index in [1.807, 2.05) is 65.6 Å². The van der Waals surface area contributed by atoms with E-state index >= 15 is 0 Å². The number of nitrogen functional groups attached to an aromatic ring is 1. The van der Waals surface area contributed by atoms with E-state index in [-0.39, 0.29) is 5.56 Å². The zero-order chi connectivity index (χ0) is 25.7. The Hall–Kier alpha value is -4.12. The number of anilines is 1. The molecule has 5 aromatic rings. The van der Waals surface area contributed by atoms with Crippen LogP contribution in [0.3, 0.4) is 0 Å². The molecule has 9 heteroatoms. The van der Waals surface area contributed by atoms with Gasteiger partial charge in [0.15, 0.2) is 0 Å². The molecule has 0 aliphatic carbocycles. The molecular formula is C27H24LiN5O3. The third kappa shape index (κ3) is 5.57. The van der Waals surface area contributed by atoms with Crippen LogP contribution in [0.4, 0.5) is 5.95 Å². The number of nitrogens with two attached hydrogens (primary N) is 1. The summed E-state index contributed by atoms with van der Waals surface area (Å²) in [6.45, 7) is 2.53. The Morgan fingerprint density at radius 3 is 2.42 bits per heavy atom. The van der Waals surface area contributed by atoms with Crippen LogP contribution in [0.5, 0.6) is 0 Å². The summed E-state index contributed by atoms with van der Waals surface area (Å²) < 4.78 is 3.48. The number of aromatic nitrogens is 4. The summed E-state index contributed by atoms with van der Waals surface area (Å²) in [7, 11) is 0. The van der Waals surface area contributed by atoms with Gasteiger partial charge in [-0.1, -0.05) is 24.3 Å². The fourth-order valence-corrected chi connectivity index (χ4v) is 3.93. The van der Waals surface area contributed by atoms with Gasteiger partial charge in [0.2, 0.25) is 0 Å². The van der Waals surface area contributed by atoms with E-state index in [0.717, 1.165) is 33.4 Å². The maximum atomic E-state index is 12.0. The van der Waals surface area contributed by atoms with E-state index in [0.29, 0.717) is 23.3 Å². The van der Waals surface area contributed by atoms with Crippen LogP contribution in [0.15, 0.2) is 89.7 Å². The van der Waals surface area contributed by atoms with E-state index in [1.165, 1.54) is 4.68 Å². The predicted octanol–water partition coefficient (Wildman–Crippen LogP) is 3.71. The summed E-state index contributed by atoms with van der Waals surface area (Å²) in [5.41, 5.74) is 12.0. The Bertz CT molecular complexity index is 1580. The Morgan fingerprint density at radius 1 is 1.00 bits per heavy atom. The minimum atomic E-state index is -0.879. The molecule has 0 saturated carbocycles. The normalized spacial score (nSPS) is 10.6. The van der Waals surface area contributed by atoms with Crippen LogP contribution in [-0.2, 0) is 11.8 Å². The first-order valence-corrected chi connectivity index (χ1v) is 11.5. The molecule has 0 saturated heterocycles. The molecule has 2 heterocycles. The van der Waals surface area contributed by atoms with Gasteiger partial charge >= 0.3 is 166 Å². The first-order chi connectivity index (χ1) is 17.4. The first-order valence-electron chi connectivity index (χ1n) is 11.5. The molecule has 8 nitrogen and oxygen atoms in total. The molecule has 0 unspecified atom stereocenters. The molecule has 0 spiro atoms. The molecule has 0 aliphatic heterocycles. The van der Waals surface area contributed by atoms with Crippen molar-refractivity contribution in [2.24, 2.45) is 0 Å². The van der Waals surface area contributed by atoms with Gasteiger partial charge in [-0.3, -0.25) is 0 Å². The number of carboxylic acid groups (broad SMARTS) is 1. The van der Waals surface area contributed by atoms with Gasteiger partial charge in [-0.15, -0.1) is 0 Å². The van der Waals surface area contributed by atoms with E-state index in [4.69, 9.17) is 10.8 Å². The fourth-order valence-electron chi connectivity index (χ4n) is 3.93. The van der Waals surface area contributed by atoms with Gasteiger partial charge in [-0.25, -0.2) is 4.79 Å². The summed E-state index contributed by atoms with van der Waals surface area (Å²) in [6.07, 6.45) is 0. The third-order valence-corrected chi connectivity index (χ3v) is 5.73. The number of para-hydroxylation sites is 2. The quantitative estimate of drug-likeness (QED) is 0.376.